The van der Waals surface area contributed by atoms with Crippen LogP contribution in [0.5, 0.6) is 5.75 Å². The van der Waals surface area contributed by atoms with Gasteiger partial charge in [-0.05, 0) is 65.9 Å². The zero-order valence-electron chi connectivity index (χ0n) is 22.5. The molecule has 40 heavy (non-hydrogen) atoms. The Labute approximate surface area is 236 Å². The van der Waals surface area contributed by atoms with E-state index < -0.39 is 0 Å². The molecule has 1 aromatic heterocycles. The summed E-state index contributed by atoms with van der Waals surface area (Å²) in [4.78, 5) is 32.5. The van der Waals surface area contributed by atoms with Crippen LogP contribution in [-0.2, 0) is 20.8 Å². The minimum Gasteiger partial charge on any atom is -0.497 e. The van der Waals surface area contributed by atoms with E-state index in [2.05, 4.69) is 4.57 Å². The number of amides is 1. The largest absolute Gasteiger partial charge is 0.497 e. The van der Waals surface area contributed by atoms with E-state index in [1.165, 1.54) is 18.9 Å². The quantitative estimate of drug-likeness (QED) is 0.194. The molecular formula is C31H29N3O5S. The van der Waals surface area contributed by atoms with Crippen molar-refractivity contribution in [2.75, 3.05) is 34.5 Å². The molecule has 8 nitrogen and oxygen atoms in total. The number of nitrogens with zero attached hydrogens (tertiary/aromatic N) is 3. The number of carbonyl (C=O) groups excluding carboxylic acids is 2. The van der Waals surface area contributed by atoms with E-state index >= 15 is 0 Å². The number of rotatable bonds is 9. The summed E-state index contributed by atoms with van der Waals surface area (Å²) < 4.78 is 17.5. The third-order valence-corrected chi connectivity index (χ3v) is 7.52. The Morgan fingerprint density at radius 3 is 2.55 bits per heavy atom. The summed E-state index contributed by atoms with van der Waals surface area (Å²) in [7, 11) is 4.60. The SMILES string of the molecule is COCCN1C(=O)/C(=C/c2cn(Cc3cccc(C(=O)OC)c3)c3ccccc23)SC1=Nc1ccc(OC)cc1. The highest BCUT2D eigenvalue weighted by molar-refractivity contribution is 8.18. The van der Waals surface area contributed by atoms with Crippen molar-refractivity contribution >= 4 is 51.5 Å². The summed E-state index contributed by atoms with van der Waals surface area (Å²) in [6.07, 6.45) is 3.96. The highest BCUT2D eigenvalue weighted by atomic mass is 32.2. The van der Waals surface area contributed by atoms with E-state index in [-0.39, 0.29) is 11.9 Å². The van der Waals surface area contributed by atoms with Crippen LogP contribution in [0, 0.1) is 0 Å². The fourth-order valence-electron chi connectivity index (χ4n) is 4.51. The maximum atomic E-state index is 13.5. The van der Waals surface area contributed by atoms with Crippen LogP contribution < -0.4 is 4.74 Å². The summed E-state index contributed by atoms with van der Waals surface area (Å²) in [5.74, 6) is 0.257. The molecule has 2 heterocycles. The number of fused-ring (bicyclic) bond motifs is 1. The van der Waals surface area contributed by atoms with Crippen molar-refractivity contribution in [3.05, 3.63) is 101 Å². The van der Waals surface area contributed by atoms with Crippen molar-refractivity contribution in [1.82, 2.24) is 9.47 Å². The van der Waals surface area contributed by atoms with E-state index in [1.807, 2.05) is 79.0 Å². The van der Waals surface area contributed by atoms with E-state index in [0.717, 1.165) is 33.5 Å². The van der Waals surface area contributed by atoms with E-state index in [1.54, 1.807) is 25.2 Å². The number of esters is 1. The molecule has 0 unspecified atom stereocenters. The molecule has 0 spiro atoms. The molecule has 0 radical (unpaired) electrons. The normalized spacial score (nSPS) is 15.4. The topological polar surface area (TPSA) is 82.4 Å². The maximum absolute atomic E-state index is 13.5. The zero-order valence-corrected chi connectivity index (χ0v) is 23.3. The first kappa shape index (κ1) is 27.2. The molecule has 0 N–H and O–H groups in total. The Hall–Kier alpha value is -4.34. The van der Waals surface area contributed by atoms with Crippen LogP contribution in [0.2, 0.25) is 0 Å². The standard InChI is InChI=1S/C31H29N3O5S/c1-37-16-15-34-29(35)28(40-31(34)32-24-11-13-25(38-2)14-12-24)18-23-20-33(27-10-5-4-9-26(23)27)19-21-7-6-8-22(17-21)30(36)39-3/h4-14,17-18,20H,15-16,19H2,1-3H3/b28-18-,32-31?. The smallest absolute Gasteiger partial charge is 0.337 e. The van der Waals surface area contributed by atoms with Crippen molar-refractivity contribution < 1.29 is 23.8 Å². The van der Waals surface area contributed by atoms with Gasteiger partial charge in [-0.2, -0.15) is 0 Å². The molecule has 9 heteroatoms. The monoisotopic (exact) mass is 555 g/mol. The minimum absolute atomic E-state index is 0.114. The second kappa shape index (κ2) is 12.2. The Kier molecular flexibility index (Phi) is 8.33. The van der Waals surface area contributed by atoms with Crippen molar-refractivity contribution in [3.8, 4) is 5.75 Å². The zero-order chi connectivity index (χ0) is 28.1. The molecule has 3 aromatic carbocycles. The summed E-state index contributed by atoms with van der Waals surface area (Å²) in [5.41, 5.74) is 4.15. The lowest BCUT2D eigenvalue weighted by Gasteiger charge is -2.14. The Morgan fingerprint density at radius 2 is 1.80 bits per heavy atom. The molecule has 4 aromatic rings. The predicted molar refractivity (Wildman–Crippen MR) is 158 cm³/mol. The highest BCUT2D eigenvalue weighted by Crippen LogP contribution is 2.36. The van der Waals surface area contributed by atoms with Gasteiger partial charge in [-0.25, -0.2) is 9.79 Å². The molecule has 1 amide bonds. The highest BCUT2D eigenvalue weighted by Gasteiger charge is 2.33. The summed E-state index contributed by atoms with van der Waals surface area (Å²) in [6, 6.07) is 22.9. The minimum atomic E-state index is -0.369. The number of methoxy groups -OCH3 is 3. The molecule has 1 fully saturated rings. The molecule has 1 aliphatic heterocycles. The second-order valence-electron chi connectivity index (χ2n) is 9.07. The molecule has 204 valence electrons. The summed E-state index contributed by atoms with van der Waals surface area (Å²) in [6.45, 7) is 1.35. The number of benzene rings is 3. The molecule has 0 saturated carbocycles. The second-order valence-corrected chi connectivity index (χ2v) is 10.1. The summed E-state index contributed by atoms with van der Waals surface area (Å²) >= 11 is 1.35. The van der Waals surface area contributed by atoms with Crippen LogP contribution in [0.1, 0.15) is 21.5 Å². The van der Waals surface area contributed by atoms with Crippen LogP contribution in [0.3, 0.4) is 0 Å². The lowest BCUT2D eigenvalue weighted by atomic mass is 10.1. The van der Waals surface area contributed by atoms with Crippen molar-refractivity contribution in [2.45, 2.75) is 6.54 Å². The first-order chi connectivity index (χ1) is 19.5. The number of aliphatic imine (C=N–C) groups is 1. The maximum Gasteiger partial charge on any atom is 0.337 e. The Morgan fingerprint density at radius 1 is 1.00 bits per heavy atom. The molecule has 0 aliphatic carbocycles. The lowest BCUT2D eigenvalue weighted by molar-refractivity contribution is -0.122. The van der Waals surface area contributed by atoms with Gasteiger partial charge >= 0.3 is 5.97 Å². The average Bonchev–Trinajstić information content (AvgIpc) is 3.48. The lowest BCUT2D eigenvalue weighted by Crippen LogP contribution is -2.32. The van der Waals surface area contributed by atoms with Gasteiger partial charge in [0.1, 0.15) is 5.75 Å². The van der Waals surface area contributed by atoms with Gasteiger partial charge in [0.15, 0.2) is 5.17 Å². The number of carbonyl (C=O) groups is 2. The fourth-order valence-corrected chi connectivity index (χ4v) is 5.53. The molecule has 0 bridgehead atoms. The van der Waals surface area contributed by atoms with Crippen molar-refractivity contribution in [1.29, 1.82) is 0 Å². The average molecular weight is 556 g/mol. The van der Waals surface area contributed by atoms with E-state index in [4.69, 9.17) is 19.2 Å². The number of para-hydroxylation sites is 1. The third kappa shape index (κ3) is 5.80. The molecule has 0 atom stereocenters. The van der Waals surface area contributed by atoms with Crippen LogP contribution in [0.25, 0.3) is 17.0 Å². The third-order valence-electron chi connectivity index (χ3n) is 6.51. The van der Waals surface area contributed by atoms with Gasteiger partial charge in [-0.3, -0.25) is 9.69 Å². The van der Waals surface area contributed by atoms with Gasteiger partial charge in [0, 0.05) is 36.3 Å². The molecular weight excluding hydrogens is 526 g/mol. The number of amidine groups is 1. The molecule has 5 rings (SSSR count). The van der Waals surface area contributed by atoms with Crippen LogP contribution >= 0.6 is 11.8 Å². The van der Waals surface area contributed by atoms with Gasteiger partial charge < -0.3 is 18.8 Å². The van der Waals surface area contributed by atoms with E-state index in [9.17, 15) is 9.59 Å². The first-order valence-corrected chi connectivity index (χ1v) is 13.5. The number of thioether (sulfide) groups is 1. The fraction of sp³-hybridized carbons (Fsp3) is 0.194. The first-order valence-electron chi connectivity index (χ1n) is 12.7. The Bertz CT molecular complexity index is 1610. The number of hydrogen-bond donors (Lipinski definition) is 0. The van der Waals surface area contributed by atoms with Gasteiger partial charge in [0.25, 0.3) is 5.91 Å². The Balaban J connectivity index is 1.49. The van der Waals surface area contributed by atoms with Gasteiger partial charge in [0.2, 0.25) is 0 Å². The van der Waals surface area contributed by atoms with Gasteiger partial charge in [-0.1, -0.05) is 30.3 Å². The van der Waals surface area contributed by atoms with Gasteiger partial charge in [0.05, 0.1) is 43.5 Å². The van der Waals surface area contributed by atoms with Crippen molar-refractivity contribution in [2.24, 2.45) is 4.99 Å². The van der Waals surface area contributed by atoms with Crippen LogP contribution in [-0.4, -0.2) is 61.0 Å². The van der Waals surface area contributed by atoms with Crippen molar-refractivity contribution in [3.63, 3.8) is 0 Å². The molecule has 1 saturated heterocycles. The van der Waals surface area contributed by atoms with Crippen LogP contribution in [0.4, 0.5) is 5.69 Å². The van der Waals surface area contributed by atoms with E-state index in [0.29, 0.717) is 35.3 Å². The molecule has 1 aliphatic rings. The number of ether oxygens (including phenoxy) is 3. The number of aromatic nitrogens is 1. The van der Waals surface area contributed by atoms with Gasteiger partial charge in [-0.15, -0.1) is 0 Å². The number of hydrogen-bond acceptors (Lipinski definition) is 7. The summed E-state index contributed by atoms with van der Waals surface area (Å²) in [5, 5.41) is 1.62. The van der Waals surface area contributed by atoms with Crippen LogP contribution in [0.15, 0.2) is 88.9 Å². The predicted octanol–water partition coefficient (Wildman–Crippen LogP) is 5.74.